The van der Waals surface area contributed by atoms with Crippen molar-refractivity contribution >= 4 is 11.9 Å². The lowest BCUT2D eigenvalue weighted by Gasteiger charge is -2.27. The van der Waals surface area contributed by atoms with Crippen molar-refractivity contribution in [1.29, 1.82) is 0 Å². The van der Waals surface area contributed by atoms with Gasteiger partial charge in [-0.05, 0) is 13.8 Å². The van der Waals surface area contributed by atoms with Crippen LogP contribution in [-0.4, -0.2) is 22.5 Å². The van der Waals surface area contributed by atoms with E-state index < -0.39 is 11.6 Å². The van der Waals surface area contributed by atoms with Gasteiger partial charge < -0.3 is 5.73 Å². The Hall–Kier alpha value is -1.26. The second-order valence-electron chi connectivity index (χ2n) is 3.20. The van der Waals surface area contributed by atoms with Crippen molar-refractivity contribution in [3.8, 4) is 0 Å². The number of nitrogens with two attached hydrogens (primary N) is 1. The monoisotopic (exact) mass is 157 g/mol. The number of hydrogen-bond acceptors (Lipinski definition) is 2. The molecule has 0 bridgehead atoms. The first kappa shape index (κ1) is 7.84. The molecular formula is C6H11N3O2. The number of hydrazine groups is 1. The van der Waals surface area contributed by atoms with Gasteiger partial charge in [-0.25, -0.2) is 9.80 Å². The molecule has 11 heavy (non-hydrogen) atoms. The number of hydrogen-bond donors (Lipinski definition) is 2. The van der Waals surface area contributed by atoms with Crippen LogP contribution in [0.5, 0.6) is 0 Å². The molecule has 1 rings (SSSR count). The van der Waals surface area contributed by atoms with Crippen LogP contribution in [-0.2, 0) is 4.79 Å². The maximum absolute atomic E-state index is 10.8. The quantitative estimate of drug-likeness (QED) is 0.501. The first-order valence-electron chi connectivity index (χ1n) is 3.32. The Morgan fingerprint density at radius 1 is 1.73 bits per heavy atom. The summed E-state index contributed by atoms with van der Waals surface area (Å²) in [5, 5.41) is 1.15. The van der Waals surface area contributed by atoms with Gasteiger partial charge in [0.2, 0.25) is 5.91 Å². The van der Waals surface area contributed by atoms with E-state index in [4.69, 9.17) is 5.73 Å². The molecule has 1 heterocycles. The van der Waals surface area contributed by atoms with E-state index in [1.54, 1.807) is 13.8 Å². The summed E-state index contributed by atoms with van der Waals surface area (Å²) in [6.07, 6.45) is 0.302. The number of rotatable bonds is 0. The molecule has 62 valence electrons. The summed E-state index contributed by atoms with van der Waals surface area (Å²) >= 11 is 0. The van der Waals surface area contributed by atoms with Crippen molar-refractivity contribution in [2.75, 3.05) is 0 Å². The SMILES string of the molecule is CC1(C)CC(=O)NN1C(N)=O. The van der Waals surface area contributed by atoms with Crippen LogP contribution in [0.1, 0.15) is 20.3 Å². The Bertz CT molecular complexity index is 212. The first-order valence-corrected chi connectivity index (χ1v) is 3.32. The van der Waals surface area contributed by atoms with Gasteiger partial charge in [-0.2, -0.15) is 0 Å². The summed E-state index contributed by atoms with van der Waals surface area (Å²) < 4.78 is 0. The Kier molecular flexibility index (Phi) is 1.51. The lowest BCUT2D eigenvalue weighted by molar-refractivity contribution is -0.120. The van der Waals surface area contributed by atoms with E-state index in [2.05, 4.69) is 5.43 Å². The number of nitrogens with one attached hydrogen (secondary N) is 1. The zero-order valence-electron chi connectivity index (χ0n) is 6.55. The van der Waals surface area contributed by atoms with E-state index in [0.717, 1.165) is 5.01 Å². The van der Waals surface area contributed by atoms with E-state index in [9.17, 15) is 9.59 Å². The summed E-state index contributed by atoms with van der Waals surface area (Å²) in [6.45, 7) is 3.55. The Morgan fingerprint density at radius 2 is 2.27 bits per heavy atom. The molecule has 0 spiro atoms. The third-order valence-corrected chi connectivity index (χ3v) is 1.66. The van der Waals surface area contributed by atoms with Gasteiger partial charge in [0.05, 0.1) is 12.0 Å². The molecule has 3 N–H and O–H groups in total. The third-order valence-electron chi connectivity index (χ3n) is 1.66. The Balaban J connectivity index is 2.82. The molecule has 0 aromatic heterocycles. The molecule has 0 unspecified atom stereocenters. The molecular weight excluding hydrogens is 146 g/mol. The molecule has 1 aliphatic heterocycles. The predicted molar refractivity (Wildman–Crippen MR) is 38.3 cm³/mol. The standard InChI is InChI=1S/C6H11N3O2/c1-6(2)3-4(10)8-9(6)5(7)11/h3H2,1-2H3,(H2,7,11)(H,8,10). The molecule has 1 saturated heterocycles. The highest BCUT2D eigenvalue weighted by Gasteiger charge is 2.39. The van der Waals surface area contributed by atoms with Crippen LogP contribution in [0.15, 0.2) is 0 Å². The van der Waals surface area contributed by atoms with Crippen LogP contribution in [0.2, 0.25) is 0 Å². The lowest BCUT2D eigenvalue weighted by atomic mass is 10.0. The van der Waals surface area contributed by atoms with Gasteiger partial charge in [0, 0.05) is 0 Å². The van der Waals surface area contributed by atoms with E-state index >= 15 is 0 Å². The predicted octanol–water partition coefficient (Wildman–Crippen LogP) is -0.419. The van der Waals surface area contributed by atoms with Crippen molar-refractivity contribution in [3.05, 3.63) is 0 Å². The molecule has 1 fully saturated rings. The van der Waals surface area contributed by atoms with Crippen LogP contribution in [0.3, 0.4) is 0 Å². The second-order valence-corrected chi connectivity index (χ2v) is 3.20. The summed E-state index contributed by atoms with van der Waals surface area (Å²) in [7, 11) is 0. The van der Waals surface area contributed by atoms with E-state index in [1.807, 2.05) is 0 Å². The van der Waals surface area contributed by atoms with Crippen molar-refractivity contribution in [3.63, 3.8) is 0 Å². The zero-order valence-corrected chi connectivity index (χ0v) is 6.55. The van der Waals surface area contributed by atoms with Crippen LogP contribution in [0, 0.1) is 0 Å². The highest BCUT2D eigenvalue weighted by Crippen LogP contribution is 2.21. The normalized spacial score (nSPS) is 21.6. The van der Waals surface area contributed by atoms with Crippen molar-refractivity contribution in [1.82, 2.24) is 10.4 Å². The van der Waals surface area contributed by atoms with Crippen LogP contribution in [0.25, 0.3) is 0 Å². The van der Waals surface area contributed by atoms with Gasteiger partial charge in [0.15, 0.2) is 0 Å². The van der Waals surface area contributed by atoms with Gasteiger partial charge in [-0.3, -0.25) is 10.2 Å². The summed E-state index contributed by atoms with van der Waals surface area (Å²) in [5.74, 6) is -0.172. The van der Waals surface area contributed by atoms with Gasteiger partial charge in [-0.15, -0.1) is 0 Å². The third kappa shape index (κ3) is 1.26. The Morgan fingerprint density at radius 3 is 2.45 bits per heavy atom. The van der Waals surface area contributed by atoms with E-state index in [0.29, 0.717) is 6.42 Å². The molecule has 0 radical (unpaired) electrons. The van der Waals surface area contributed by atoms with Gasteiger partial charge in [0.1, 0.15) is 0 Å². The minimum atomic E-state index is -0.624. The van der Waals surface area contributed by atoms with Gasteiger partial charge in [-0.1, -0.05) is 0 Å². The molecule has 0 atom stereocenters. The topological polar surface area (TPSA) is 75.4 Å². The maximum Gasteiger partial charge on any atom is 0.334 e. The van der Waals surface area contributed by atoms with E-state index in [1.165, 1.54) is 0 Å². The fourth-order valence-electron chi connectivity index (χ4n) is 1.14. The number of carbonyl (C=O) groups excluding carboxylic acids is 2. The van der Waals surface area contributed by atoms with Crippen molar-refractivity contribution in [2.45, 2.75) is 25.8 Å². The Labute approximate surface area is 64.5 Å². The first-order chi connectivity index (χ1) is 4.93. The molecule has 0 aliphatic carbocycles. The molecule has 5 nitrogen and oxygen atoms in total. The highest BCUT2D eigenvalue weighted by molar-refractivity contribution is 5.85. The van der Waals surface area contributed by atoms with Crippen LogP contribution < -0.4 is 11.2 Å². The zero-order chi connectivity index (χ0) is 8.65. The molecule has 5 heteroatoms. The molecule has 1 aliphatic rings. The molecule has 0 saturated carbocycles. The number of nitrogens with zero attached hydrogens (tertiary/aromatic N) is 1. The average molecular weight is 157 g/mol. The second kappa shape index (κ2) is 2.11. The highest BCUT2D eigenvalue weighted by atomic mass is 16.2. The number of primary amides is 1. The van der Waals surface area contributed by atoms with Gasteiger partial charge >= 0.3 is 6.03 Å². The number of urea groups is 1. The maximum atomic E-state index is 10.8. The van der Waals surface area contributed by atoms with Crippen LogP contribution >= 0.6 is 0 Å². The molecule has 0 aromatic rings. The average Bonchev–Trinajstić information content (AvgIpc) is 2.04. The molecule has 0 aromatic carbocycles. The number of amides is 3. The lowest BCUT2D eigenvalue weighted by Crippen LogP contribution is -2.51. The van der Waals surface area contributed by atoms with Crippen molar-refractivity contribution < 1.29 is 9.59 Å². The summed E-state index contributed by atoms with van der Waals surface area (Å²) in [5.41, 5.74) is 6.87. The smallest absolute Gasteiger partial charge is 0.334 e. The summed E-state index contributed by atoms with van der Waals surface area (Å²) in [6, 6.07) is -0.624. The minimum Gasteiger partial charge on any atom is -0.350 e. The molecule has 3 amide bonds. The minimum absolute atomic E-state index is 0.172. The summed E-state index contributed by atoms with van der Waals surface area (Å²) in [4.78, 5) is 21.5. The van der Waals surface area contributed by atoms with E-state index in [-0.39, 0.29) is 5.91 Å². The largest absolute Gasteiger partial charge is 0.350 e. The van der Waals surface area contributed by atoms with Crippen molar-refractivity contribution in [2.24, 2.45) is 5.73 Å². The van der Waals surface area contributed by atoms with Gasteiger partial charge in [0.25, 0.3) is 0 Å². The fraction of sp³-hybridized carbons (Fsp3) is 0.667. The number of carbonyl (C=O) groups is 2. The van der Waals surface area contributed by atoms with Crippen LogP contribution in [0.4, 0.5) is 4.79 Å². The fourth-order valence-corrected chi connectivity index (χ4v) is 1.14.